The maximum atomic E-state index is 10.7. The smallest absolute Gasteiger partial charge is 0.336 e. The Morgan fingerprint density at radius 2 is 1.65 bits per heavy atom. The summed E-state index contributed by atoms with van der Waals surface area (Å²) in [6.07, 6.45) is 0. The van der Waals surface area contributed by atoms with E-state index in [4.69, 9.17) is 9.68 Å². The lowest BCUT2D eigenvalue weighted by atomic mass is 10.2. The van der Waals surface area contributed by atoms with Crippen LogP contribution in [0.1, 0.15) is 13.8 Å². The highest BCUT2D eigenvalue weighted by Crippen LogP contribution is 2.08. The van der Waals surface area contributed by atoms with E-state index >= 15 is 0 Å². The standard InChI is InChI=1S/C9H6O2.C3H6O.CHN/c10-9-6-5-7-3-1-2-4-8(7)11-9;1-3(2)4;1-2/h1-6H;1-2H3;1H. The first-order valence-corrected chi connectivity index (χ1v) is 4.81. The summed E-state index contributed by atoms with van der Waals surface area (Å²) in [5.41, 5.74) is 0.337. The van der Waals surface area contributed by atoms with Crippen LogP contribution in [0.2, 0.25) is 0 Å². The fourth-order valence-electron chi connectivity index (χ4n) is 1.01. The van der Waals surface area contributed by atoms with Crippen LogP contribution < -0.4 is 5.63 Å². The first kappa shape index (κ1) is 14.6. The third kappa shape index (κ3) is 5.90. The number of carbonyl (C=O) groups is 1. The average Bonchev–Trinajstić information content (AvgIpc) is 2.31. The maximum absolute atomic E-state index is 10.7. The summed E-state index contributed by atoms with van der Waals surface area (Å²) in [5, 5.41) is 7.45. The summed E-state index contributed by atoms with van der Waals surface area (Å²) in [6, 6.07) is 10.6. The Morgan fingerprint density at radius 1 is 1.12 bits per heavy atom. The summed E-state index contributed by atoms with van der Waals surface area (Å²) < 4.78 is 4.91. The normalized spacial score (nSPS) is 8.24. The fourth-order valence-corrected chi connectivity index (χ4v) is 1.01. The number of hydrogen-bond acceptors (Lipinski definition) is 4. The van der Waals surface area contributed by atoms with Gasteiger partial charge in [-0.05, 0) is 26.0 Å². The Morgan fingerprint density at radius 3 is 2.24 bits per heavy atom. The van der Waals surface area contributed by atoms with Crippen molar-refractivity contribution in [3.63, 3.8) is 0 Å². The molecule has 0 fully saturated rings. The van der Waals surface area contributed by atoms with E-state index in [1.807, 2.05) is 18.2 Å². The minimum Gasteiger partial charge on any atom is -0.423 e. The molecule has 2 aromatic rings. The number of hydrogen-bond donors (Lipinski definition) is 0. The van der Waals surface area contributed by atoms with Crippen LogP contribution in [-0.2, 0) is 4.79 Å². The molecule has 1 heterocycles. The van der Waals surface area contributed by atoms with Crippen molar-refractivity contribution < 1.29 is 9.21 Å². The van der Waals surface area contributed by atoms with Crippen LogP contribution in [-0.4, -0.2) is 5.78 Å². The highest BCUT2D eigenvalue weighted by Gasteiger charge is 1.92. The van der Waals surface area contributed by atoms with Gasteiger partial charge in [0.1, 0.15) is 11.4 Å². The number of para-hydroxylation sites is 1. The van der Waals surface area contributed by atoms with Crippen LogP contribution in [0.25, 0.3) is 11.0 Å². The van der Waals surface area contributed by atoms with Gasteiger partial charge in [-0.3, -0.25) is 0 Å². The van der Waals surface area contributed by atoms with E-state index in [0.29, 0.717) is 5.58 Å². The topological polar surface area (TPSA) is 71.1 Å². The molecule has 0 aliphatic carbocycles. The minimum absolute atomic E-state index is 0.167. The summed E-state index contributed by atoms with van der Waals surface area (Å²) in [7, 11) is 0. The lowest BCUT2D eigenvalue weighted by molar-refractivity contribution is -0.114. The van der Waals surface area contributed by atoms with E-state index < -0.39 is 0 Å². The van der Waals surface area contributed by atoms with Crippen molar-refractivity contribution in [3.8, 4) is 6.57 Å². The molecule has 0 atom stereocenters. The quantitative estimate of drug-likeness (QED) is 0.653. The van der Waals surface area contributed by atoms with Gasteiger partial charge in [0.05, 0.1) is 0 Å². The van der Waals surface area contributed by atoms with Crippen molar-refractivity contribution >= 4 is 16.8 Å². The molecule has 0 bridgehead atoms. The van der Waals surface area contributed by atoms with Gasteiger partial charge in [-0.15, -0.1) is 0 Å². The first-order valence-electron chi connectivity index (χ1n) is 4.81. The summed E-state index contributed by atoms with van der Waals surface area (Å²) in [4.78, 5) is 20.2. The molecule has 2 rings (SSSR count). The number of carbonyl (C=O) groups excluding carboxylic acids is 1. The van der Waals surface area contributed by atoms with Crippen LogP contribution in [0.5, 0.6) is 0 Å². The fraction of sp³-hybridized carbons (Fsp3) is 0.154. The molecule has 0 spiro atoms. The zero-order valence-corrected chi connectivity index (χ0v) is 9.71. The van der Waals surface area contributed by atoms with Crippen molar-refractivity contribution in [3.05, 3.63) is 46.8 Å². The lowest BCUT2D eigenvalue weighted by Crippen LogP contribution is -1.93. The zero-order valence-electron chi connectivity index (χ0n) is 9.71. The molecule has 88 valence electrons. The molecule has 4 heteroatoms. The van der Waals surface area contributed by atoms with Gasteiger partial charge in [0, 0.05) is 18.0 Å². The number of benzene rings is 1. The largest absolute Gasteiger partial charge is 0.423 e. The number of ketones is 1. The second-order valence-electron chi connectivity index (χ2n) is 3.20. The number of Topliss-reactive ketones (excluding diaryl/α,β-unsaturated/α-hetero) is 1. The predicted molar refractivity (Wildman–Crippen MR) is 65.5 cm³/mol. The van der Waals surface area contributed by atoms with E-state index in [0.717, 1.165) is 5.39 Å². The Labute approximate surface area is 99.1 Å². The van der Waals surface area contributed by atoms with E-state index in [9.17, 15) is 9.59 Å². The van der Waals surface area contributed by atoms with Gasteiger partial charge in [0.25, 0.3) is 0 Å². The van der Waals surface area contributed by atoms with Crippen molar-refractivity contribution in [1.29, 1.82) is 5.26 Å². The lowest BCUT2D eigenvalue weighted by Gasteiger charge is -1.91. The molecule has 0 saturated carbocycles. The Kier molecular flexibility index (Phi) is 6.72. The molecule has 1 aromatic heterocycles. The summed E-state index contributed by atoms with van der Waals surface area (Å²) in [5.74, 6) is 0.167. The van der Waals surface area contributed by atoms with Gasteiger partial charge in [-0.1, -0.05) is 18.2 Å². The molecule has 0 N–H and O–H groups in total. The van der Waals surface area contributed by atoms with Gasteiger partial charge in [0.2, 0.25) is 0 Å². The van der Waals surface area contributed by atoms with E-state index in [2.05, 4.69) is 6.57 Å². The number of fused-ring (bicyclic) bond motifs is 1. The molecular weight excluding hydrogens is 218 g/mol. The second kappa shape index (κ2) is 7.83. The number of nitriles is 1. The van der Waals surface area contributed by atoms with Crippen molar-refractivity contribution in [2.75, 3.05) is 0 Å². The van der Waals surface area contributed by atoms with Crippen LogP contribution in [0, 0.1) is 11.8 Å². The molecule has 0 unspecified atom stereocenters. The first-order chi connectivity index (χ1) is 8.09. The van der Waals surface area contributed by atoms with Gasteiger partial charge in [-0.2, -0.15) is 0 Å². The van der Waals surface area contributed by atoms with Crippen molar-refractivity contribution in [2.24, 2.45) is 0 Å². The molecular formula is C13H13NO3. The molecule has 0 amide bonds. The third-order valence-corrected chi connectivity index (χ3v) is 1.53. The third-order valence-electron chi connectivity index (χ3n) is 1.53. The summed E-state index contributed by atoms with van der Waals surface area (Å²) >= 11 is 0. The SMILES string of the molecule is C#N.CC(C)=O.O=c1ccc2ccccc2o1. The van der Waals surface area contributed by atoms with Crippen molar-refractivity contribution in [1.82, 2.24) is 0 Å². The number of nitrogens with zero attached hydrogens (tertiary/aromatic N) is 1. The van der Waals surface area contributed by atoms with Gasteiger partial charge in [-0.25, -0.2) is 10.1 Å². The van der Waals surface area contributed by atoms with Crippen LogP contribution in [0.3, 0.4) is 0 Å². The van der Waals surface area contributed by atoms with Crippen LogP contribution in [0.4, 0.5) is 0 Å². The van der Waals surface area contributed by atoms with Crippen LogP contribution >= 0.6 is 0 Å². The van der Waals surface area contributed by atoms with E-state index in [-0.39, 0.29) is 11.4 Å². The van der Waals surface area contributed by atoms with Crippen LogP contribution in [0.15, 0.2) is 45.6 Å². The molecule has 1 aromatic carbocycles. The van der Waals surface area contributed by atoms with Crippen molar-refractivity contribution in [2.45, 2.75) is 13.8 Å². The highest BCUT2D eigenvalue weighted by molar-refractivity contribution is 5.75. The Balaban J connectivity index is 0.000000368. The van der Waals surface area contributed by atoms with Gasteiger partial charge >= 0.3 is 5.63 Å². The predicted octanol–water partition coefficient (Wildman–Crippen LogP) is 2.53. The molecule has 0 radical (unpaired) electrons. The monoisotopic (exact) mass is 231 g/mol. The molecule has 0 aliphatic rings. The highest BCUT2D eigenvalue weighted by atomic mass is 16.4. The summed E-state index contributed by atoms with van der Waals surface area (Å²) in [6.45, 7) is 6.56. The molecule has 4 nitrogen and oxygen atoms in total. The minimum atomic E-state index is -0.302. The number of rotatable bonds is 0. The average molecular weight is 231 g/mol. The van der Waals surface area contributed by atoms with Gasteiger partial charge in [0.15, 0.2) is 0 Å². The molecule has 0 aliphatic heterocycles. The van der Waals surface area contributed by atoms with E-state index in [1.165, 1.54) is 19.9 Å². The molecule has 17 heavy (non-hydrogen) atoms. The molecule has 0 saturated heterocycles. The zero-order chi connectivity index (χ0) is 13.3. The van der Waals surface area contributed by atoms with E-state index in [1.54, 1.807) is 12.1 Å². The maximum Gasteiger partial charge on any atom is 0.336 e. The Hall–Kier alpha value is -2.41. The second-order valence-corrected chi connectivity index (χ2v) is 3.20. The van der Waals surface area contributed by atoms with Gasteiger partial charge < -0.3 is 9.21 Å². The Bertz CT molecular complexity index is 551.